The highest BCUT2D eigenvalue weighted by Gasteiger charge is 2.44. The highest BCUT2D eigenvalue weighted by atomic mass is 31.0. The number of hydrogen-bond acceptors (Lipinski definition) is 5. The second-order valence-electron chi connectivity index (χ2n) is 2.63. The molecule has 0 spiro atoms. The van der Waals surface area contributed by atoms with E-state index in [9.17, 15) is 5.11 Å². The molecule has 4 N–H and O–H groups in total. The van der Waals surface area contributed by atoms with E-state index in [0.717, 1.165) is 0 Å². The molecule has 0 saturated carbocycles. The van der Waals surface area contributed by atoms with E-state index < -0.39 is 23.8 Å². The van der Waals surface area contributed by atoms with Crippen molar-refractivity contribution in [3.63, 3.8) is 0 Å². The lowest BCUT2D eigenvalue weighted by Crippen LogP contribution is -2.57. The smallest absolute Gasteiger partial charge is 0.183 e. The molecule has 1 rings (SSSR count). The van der Waals surface area contributed by atoms with Gasteiger partial charge in [-0.05, 0) is 0 Å². The van der Waals surface area contributed by atoms with Gasteiger partial charge in [-0.2, -0.15) is 0 Å². The molecule has 1 saturated heterocycles. The molecule has 0 amide bonds. The Morgan fingerprint density at radius 1 is 1.36 bits per heavy atom. The first-order valence-electron chi connectivity index (χ1n) is 3.12. The molecule has 2 unspecified atom stereocenters. The molecule has 0 radical (unpaired) electrons. The summed E-state index contributed by atoms with van der Waals surface area (Å²) in [5.41, 5.74) is 0. The summed E-state index contributed by atoms with van der Waals surface area (Å²) in [6.45, 7) is -0.225. The summed E-state index contributed by atoms with van der Waals surface area (Å²) in [4.78, 5) is 0. The minimum absolute atomic E-state index is 0.225. The van der Waals surface area contributed by atoms with Gasteiger partial charge >= 0.3 is 0 Å². The minimum atomic E-state index is -1.57. The van der Waals surface area contributed by atoms with Crippen LogP contribution in [-0.2, 0) is 4.74 Å². The molecule has 0 aromatic heterocycles. The van der Waals surface area contributed by atoms with Crippen molar-refractivity contribution in [1.29, 1.82) is 0 Å². The molecule has 0 aromatic carbocycles. The van der Waals surface area contributed by atoms with E-state index in [1.807, 2.05) is 9.24 Å². The molecule has 0 bridgehead atoms. The first kappa shape index (κ1) is 9.32. The van der Waals surface area contributed by atoms with E-state index in [1.54, 1.807) is 0 Å². The Hall–Kier alpha value is 0.230. The van der Waals surface area contributed by atoms with E-state index in [4.69, 9.17) is 15.3 Å². The molecule has 1 aliphatic rings. The summed E-state index contributed by atoms with van der Waals surface area (Å²) in [6, 6.07) is 0. The number of aliphatic hydroxyl groups is 4. The maximum absolute atomic E-state index is 9.25. The molecule has 66 valence electrons. The molecular formula is C5H11O5P. The van der Waals surface area contributed by atoms with Gasteiger partial charge in [0.05, 0.1) is 6.61 Å². The van der Waals surface area contributed by atoms with Gasteiger partial charge in [0.25, 0.3) is 0 Å². The molecule has 11 heavy (non-hydrogen) atoms. The van der Waals surface area contributed by atoms with Crippen LogP contribution in [0.2, 0.25) is 0 Å². The van der Waals surface area contributed by atoms with Crippen molar-refractivity contribution < 1.29 is 25.2 Å². The van der Waals surface area contributed by atoms with Crippen LogP contribution in [0.15, 0.2) is 0 Å². The van der Waals surface area contributed by atoms with E-state index in [2.05, 4.69) is 4.74 Å². The summed E-state index contributed by atoms with van der Waals surface area (Å²) in [7, 11) is 1.95. The lowest BCUT2D eigenvalue weighted by molar-refractivity contribution is -0.261. The summed E-state index contributed by atoms with van der Waals surface area (Å²) in [6.07, 6.45) is -4.30. The molecule has 0 aliphatic carbocycles. The van der Waals surface area contributed by atoms with Crippen molar-refractivity contribution in [2.45, 2.75) is 23.8 Å². The zero-order valence-corrected chi connectivity index (χ0v) is 6.87. The fraction of sp³-hybridized carbons (Fsp3) is 1.00. The summed E-state index contributed by atoms with van der Waals surface area (Å²) >= 11 is 0. The predicted molar refractivity (Wildman–Crippen MR) is 38.6 cm³/mol. The zero-order valence-electron chi connectivity index (χ0n) is 5.71. The standard InChI is InChI=1S/C5H11O5P/c6-2-3(7)5(9,11)1-10-4(2)8/h2-4,6-9H,1,11H2/t2-,3+,4?,5-/m1/s1. The van der Waals surface area contributed by atoms with Gasteiger partial charge in [0.15, 0.2) is 6.29 Å². The Kier molecular flexibility index (Phi) is 2.49. The topological polar surface area (TPSA) is 90.2 Å². The highest BCUT2D eigenvalue weighted by molar-refractivity contribution is 7.18. The maximum Gasteiger partial charge on any atom is 0.183 e. The molecular weight excluding hydrogens is 171 g/mol. The Morgan fingerprint density at radius 3 is 2.36 bits per heavy atom. The number of rotatable bonds is 0. The van der Waals surface area contributed by atoms with Crippen molar-refractivity contribution in [1.82, 2.24) is 0 Å². The highest BCUT2D eigenvalue weighted by Crippen LogP contribution is 2.28. The van der Waals surface area contributed by atoms with E-state index in [0.29, 0.717) is 0 Å². The van der Waals surface area contributed by atoms with Crippen LogP contribution in [-0.4, -0.2) is 50.9 Å². The fourth-order valence-corrected chi connectivity index (χ4v) is 1.15. The van der Waals surface area contributed by atoms with Gasteiger partial charge in [0, 0.05) is 0 Å². The zero-order chi connectivity index (χ0) is 8.65. The lowest BCUT2D eigenvalue weighted by Gasteiger charge is -2.38. The van der Waals surface area contributed by atoms with Crippen molar-refractivity contribution >= 4 is 9.24 Å². The Balaban J connectivity index is 2.67. The van der Waals surface area contributed by atoms with Gasteiger partial charge in [0.2, 0.25) is 0 Å². The fourth-order valence-electron chi connectivity index (χ4n) is 0.854. The molecule has 5 nitrogen and oxygen atoms in total. The van der Waals surface area contributed by atoms with Crippen LogP contribution in [0, 0.1) is 0 Å². The van der Waals surface area contributed by atoms with Crippen LogP contribution in [0.5, 0.6) is 0 Å². The third kappa shape index (κ3) is 1.69. The maximum atomic E-state index is 9.25. The summed E-state index contributed by atoms with van der Waals surface area (Å²) < 4.78 is 4.55. The minimum Gasteiger partial charge on any atom is -0.387 e. The average molecular weight is 182 g/mol. The van der Waals surface area contributed by atoms with Gasteiger partial charge in [-0.3, -0.25) is 0 Å². The van der Waals surface area contributed by atoms with Gasteiger partial charge in [-0.25, -0.2) is 0 Å². The first-order chi connectivity index (χ1) is 4.95. The van der Waals surface area contributed by atoms with Crippen molar-refractivity contribution in [2.24, 2.45) is 0 Å². The Bertz CT molecular complexity index is 150. The molecule has 1 fully saturated rings. The molecule has 1 heterocycles. The van der Waals surface area contributed by atoms with Crippen LogP contribution in [0.3, 0.4) is 0 Å². The predicted octanol–water partition coefficient (Wildman–Crippen LogP) is -2.38. The van der Waals surface area contributed by atoms with E-state index in [-0.39, 0.29) is 6.61 Å². The SMILES string of the molecule is OC1OC[C@@](O)(P)[C@@H](O)[C@H]1O. The largest absolute Gasteiger partial charge is 0.387 e. The Labute approximate surface area is 65.8 Å². The van der Waals surface area contributed by atoms with Crippen LogP contribution in [0.25, 0.3) is 0 Å². The monoisotopic (exact) mass is 182 g/mol. The van der Waals surface area contributed by atoms with Gasteiger partial charge in [-0.1, -0.05) is 9.24 Å². The first-order valence-corrected chi connectivity index (χ1v) is 3.70. The van der Waals surface area contributed by atoms with Gasteiger partial charge in [0.1, 0.15) is 17.6 Å². The normalized spacial score (nSPS) is 52.6. The lowest BCUT2D eigenvalue weighted by atomic mass is 10.1. The van der Waals surface area contributed by atoms with Crippen LogP contribution >= 0.6 is 9.24 Å². The number of ether oxygens (including phenoxy) is 1. The van der Waals surface area contributed by atoms with Crippen molar-refractivity contribution in [2.75, 3.05) is 6.61 Å². The number of aliphatic hydroxyl groups excluding tert-OH is 3. The van der Waals surface area contributed by atoms with Crippen LogP contribution < -0.4 is 0 Å². The average Bonchev–Trinajstić information content (AvgIpc) is 1.95. The van der Waals surface area contributed by atoms with Crippen LogP contribution in [0.4, 0.5) is 0 Å². The third-order valence-electron chi connectivity index (χ3n) is 1.61. The van der Waals surface area contributed by atoms with E-state index >= 15 is 0 Å². The third-order valence-corrected chi connectivity index (χ3v) is 2.12. The second-order valence-corrected chi connectivity index (χ2v) is 3.63. The van der Waals surface area contributed by atoms with Crippen molar-refractivity contribution in [3.05, 3.63) is 0 Å². The van der Waals surface area contributed by atoms with E-state index in [1.165, 1.54) is 0 Å². The molecule has 5 atom stereocenters. The quantitative estimate of drug-likeness (QED) is 0.314. The summed E-state index contributed by atoms with van der Waals surface area (Å²) in [5.74, 6) is 0. The molecule has 1 aliphatic heterocycles. The van der Waals surface area contributed by atoms with Gasteiger partial charge < -0.3 is 25.2 Å². The van der Waals surface area contributed by atoms with Crippen molar-refractivity contribution in [3.8, 4) is 0 Å². The molecule has 6 heteroatoms. The van der Waals surface area contributed by atoms with Gasteiger partial charge in [-0.15, -0.1) is 0 Å². The number of hydrogen-bond donors (Lipinski definition) is 4. The molecule has 0 aromatic rings. The Morgan fingerprint density at radius 2 is 1.91 bits per heavy atom. The second kappa shape index (κ2) is 2.94. The summed E-state index contributed by atoms with van der Waals surface area (Å²) in [5, 5.41) is 34.6. The van der Waals surface area contributed by atoms with Crippen LogP contribution in [0.1, 0.15) is 0 Å².